The lowest BCUT2D eigenvalue weighted by atomic mass is 9.93. The van der Waals surface area contributed by atoms with Crippen molar-refractivity contribution in [3.63, 3.8) is 0 Å². The first-order valence-electron chi connectivity index (χ1n) is 10.8. The summed E-state index contributed by atoms with van der Waals surface area (Å²) in [7, 11) is 1.62. The Kier molecular flexibility index (Phi) is 7.88. The van der Waals surface area contributed by atoms with E-state index in [1.54, 1.807) is 13.4 Å². The molecule has 7 nitrogen and oxygen atoms in total. The minimum absolute atomic E-state index is 0.0316. The van der Waals surface area contributed by atoms with Crippen LogP contribution in [0.25, 0.3) is 0 Å². The minimum atomic E-state index is 0.0316. The third kappa shape index (κ3) is 6.08. The molecule has 0 aliphatic carbocycles. The molecule has 162 valence electrons. The molecule has 1 atom stereocenters. The van der Waals surface area contributed by atoms with Crippen LogP contribution < -0.4 is 20.3 Å². The molecule has 0 radical (unpaired) electrons. The second kappa shape index (κ2) is 10.8. The smallest absolute Gasteiger partial charge is 0.224 e. The van der Waals surface area contributed by atoms with Gasteiger partial charge in [0.1, 0.15) is 23.7 Å². The molecule has 1 aliphatic heterocycles. The van der Waals surface area contributed by atoms with Gasteiger partial charge in [-0.15, -0.1) is 0 Å². The molecular formula is C23H33N5O2. The lowest BCUT2D eigenvalue weighted by molar-refractivity contribution is -0.116. The number of nitrogens with zero attached hydrogens (tertiary/aromatic N) is 3. The third-order valence-corrected chi connectivity index (χ3v) is 5.46. The van der Waals surface area contributed by atoms with E-state index in [2.05, 4.69) is 32.4 Å². The van der Waals surface area contributed by atoms with Crippen molar-refractivity contribution >= 4 is 23.2 Å². The fraction of sp³-hybridized carbons (Fsp3) is 0.522. The van der Waals surface area contributed by atoms with Gasteiger partial charge < -0.3 is 20.3 Å². The van der Waals surface area contributed by atoms with Crippen LogP contribution in [0.2, 0.25) is 0 Å². The number of hydrogen-bond acceptors (Lipinski definition) is 6. The van der Waals surface area contributed by atoms with Crippen molar-refractivity contribution in [3.05, 3.63) is 36.2 Å². The summed E-state index contributed by atoms with van der Waals surface area (Å²) in [5.41, 5.74) is 1.83. The SMILES string of the molecule is CCCNc1cc(N2CCC[C@H](CCC(=O)Nc3cc(C)ccc3OC)C2)ncn1. The second-order valence-corrected chi connectivity index (χ2v) is 7.93. The fourth-order valence-electron chi connectivity index (χ4n) is 3.85. The molecule has 2 aromatic rings. The highest BCUT2D eigenvalue weighted by atomic mass is 16.5. The van der Waals surface area contributed by atoms with Crippen LogP contribution in [-0.2, 0) is 4.79 Å². The molecule has 0 saturated carbocycles. The molecule has 1 saturated heterocycles. The van der Waals surface area contributed by atoms with E-state index < -0.39 is 0 Å². The van der Waals surface area contributed by atoms with E-state index in [0.29, 0.717) is 18.1 Å². The number of piperidine rings is 1. The van der Waals surface area contributed by atoms with Gasteiger partial charge in [0.05, 0.1) is 12.8 Å². The Hall–Kier alpha value is -2.83. The van der Waals surface area contributed by atoms with E-state index >= 15 is 0 Å². The normalized spacial score (nSPS) is 16.2. The predicted molar refractivity (Wildman–Crippen MR) is 121 cm³/mol. The van der Waals surface area contributed by atoms with Crippen molar-refractivity contribution in [2.75, 3.05) is 42.3 Å². The zero-order chi connectivity index (χ0) is 21.3. The summed E-state index contributed by atoms with van der Waals surface area (Å²) < 4.78 is 5.35. The van der Waals surface area contributed by atoms with E-state index in [-0.39, 0.29) is 5.91 Å². The number of anilines is 3. The topological polar surface area (TPSA) is 79.4 Å². The van der Waals surface area contributed by atoms with Crippen LogP contribution in [0, 0.1) is 12.8 Å². The Bertz CT molecular complexity index is 842. The number of aryl methyl sites for hydroxylation is 1. The molecule has 1 aliphatic rings. The zero-order valence-electron chi connectivity index (χ0n) is 18.3. The van der Waals surface area contributed by atoms with E-state index in [9.17, 15) is 4.79 Å². The number of carbonyl (C=O) groups excluding carboxylic acids is 1. The molecule has 0 unspecified atom stereocenters. The Morgan fingerprint density at radius 1 is 1.30 bits per heavy atom. The number of methoxy groups -OCH3 is 1. The number of benzene rings is 1. The van der Waals surface area contributed by atoms with Crippen LogP contribution in [0.4, 0.5) is 17.3 Å². The average molecular weight is 412 g/mol. The lowest BCUT2D eigenvalue weighted by Gasteiger charge is -2.33. The van der Waals surface area contributed by atoms with Gasteiger partial charge in [0.2, 0.25) is 5.91 Å². The van der Waals surface area contributed by atoms with E-state index in [1.165, 1.54) is 0 Å². The minimum Gasteiger partial charge on any atom is -0.495 e. The van der Waals surface area contributed by atoms with Crippen molar-refractivity contribution in [2.45, 2.75) is 46.0 Å². The van der Waals surface area contributed by atoms with Crippen LogP contribution in [-0.4, -0.2) is 42.6 Å². The molecule has 0 bridgehead atoms. The molecule has 7 heteroatoms. The zero-order valence-corrected chi connectivity index (χ0v) is 18.3. The number of rotatable bonds is 9. The molecule has 3 rings (SSSR count). The Balaban J connectivity index is 1.53. The predicted octanol–water partition coefficient (Wildman–Crippen LogP) is 4.25. The van der Waals surface area contributed by atoms with Gasteiger partial charge in [-0.25, -0.2) is 9.97 Å². The summed E-state index contributed by atoms with van der Waals surface area (Å²) in [5.74, 6) is 3.03. The number of carbonyl (C=O) groups is 1. The lowest BCUT2D eigenvalue weighted by Crippen LogP contribution is -2.36. The van der Waals surface area contributed by atoms with Gasteiger partial charge in [0.25, 0.3) is 0 Å². The van der Waals surface area contributed by atoms with Gasteiger partial charge in [-0.1, -0.05) is 13.0 Å². The summed E-state index contributed by atoms with van der Waals surface area (Å²) in [4.78, 5) is 23.6. The first-order chi connectivity index (χ1) is 14.6. The van der Waals surface area contributed by atoms with E-state index in [4.69, 9.17) is 4.74 Å². The molecule has 1 fully saturated rings. The van der Waals surface area contributed by atoms with Crippen molar-refractivity contribution in [1.82, 2.24) is 9.97 Å². The number of nitrogens with one attached hydrogen (secondary N) is 2. The summed E-state index contributed by atoms with van der Waals surface area (Å²) in [6.07, 6.45) is 6.30. The van der Waals surface area contributed by atoms with Crippen molar-refractivity contribution in [3.8, 4) is 5.75 Å². The summed E-state index contributed by atoms with van der Waals surface area (Å²) in [5, 5.41) is 6.33. The van der Waals surface area contributed by atoms with Crippen molar-refractivity contribution < 1.29 is 9.53 Å². The van der Waals surface area contributed by atoms with Crippen LogP contribution >= 0.6 is 0 Å². The van der Waals surface area contributed by atoms with Crippen LogP contribution in [0.5, 0.6) is 5.75 Å². The maximum atomic E-state index is 12.5. The third-order valence-electron chi connectivity index (χ3n) is 5.46. The molecule has 1 amide bonds. The van der Waals surface area contributed by atoms with Crippen LogP contribution in [0.15, 0.2) is 30.6 Å². The van der Waals surface area contributed by atoms with Gasteiger partial charge in [-0.2, -0.15) is 0 Å². The molecule has 0 spiro atoms. The second-order valence-electron chi connectivity index (χ2n) is 7.93. The van der Waals surface area contributed by atoms with Gasteiger partial charge in [0.15, 0.2) is 0 Å². The highest BCUT2D eigenvalue weighted by Crippen LogP contribution is 2.27. The van der Waals surface area contributed by atoms with Gasteiger partial charge in [-0.05, 0) is 56.2 Å². The quantitative estimate of drug-likeness (QED) is 0.642. The molecular weight excluding hydrogens is 378 g/mol. The average Bonchev–Trinajstić information content (AvgIpc) is 2.77. The number of amides is 1. The van der Waals surface area contributed by atoms with Crippen LogP contribution in [0.1, 0.15) is 44.6 Å². The van der Waals surface area contributed by atoms with Crippen molar-refractivity contribution in [1.29, 1.82) is 0 Å². The van der Waals surface area contributed by atoms with Gasteiger partial charge >= 0.3 is 0 Å². The van der Waals surface area contributed by atoms with Crippen LogP contribution in [0.3, 0.4) is 0 Å². The maximum absolute atomic E-state index is 12.5. The molecule has 2 N–H and O–H groups in total. The largest absolute Gasteiger partial charge is 0.495 e. The molecule has 2 heterocycles. The number of hydrogen-bond donors (Lipinski definition) is 2. The van der Waals surface area contributed by atoms with Gasteiger partial charge in [-0.3, -0.25) is 4.79 Å². The standard InChI is InChI=1S/C23H33N5O2/c1-4-11-24-21-14-22(26-16-25-21)28-12-5-6-18(15-28)8-10-23(29)27-19-13-17(2)7-9-20(19)30-3/h7,9,13-14,16,18H,4-6,8,10-12,15H2,1-3H3,(H,27,29)(H,24,25,26)/t18-/m1/s1. The molecule has 1 aromatic heterocycles. The highest BCUT2D eigenvalue weighted by molar-refractivity contribution is 5.92. The Morgan fingerprint density at radius 3 is 2.97 bits per heavy atom. The monoisotopic (exact) mass is 411 g/mol. The van der Waals surface area contributed by atoms with E-state index in [0.717, 1.165) is 68.2 Å². The molecule has 30 heavy (non-hydrogen) atoms. The first-order valence-corrected chi connectivity index (χ1v) is 10.8. The summed E-state index contributed by atoms with van der Waals surface area (Å²) >= 11 is 0. The van der Waals surface area contributed by atoms with E-state index in [1.807, 2.05) is 31.2 Å². The Labute approximate surface area is 179 Å². The fourth-order valence-corrected chi connectivity index (χ4v) is 3.85. The maximum Gasteiger partial charge on any atom is 0.224 e. The van der Waals surface area contributed by atoms with Gasteiger partial charge in [0, 0.05) is 32.1 Å². The highest BCUT2D eigenvalue weighted by Gasteiger charge is 2.22. The number of ether oxygens (including phenoxy) is 1. The van der Waals surface area contributed by atoms with Crippen molar-refractivity contribution in [2.24, 2.45) is 5.92 Å². The molecule has 1 aromatic carbocycles. The Morgan fingerprint density at radius 2 is 2.17 bits per heavy atom. The number of aromatic nitrogens is 2. The summed E-state index contributed by atoms with van der Waals surface area (Å²) in [6, 6.07) is 7.82. The summed E-state index contributed by atoms with van der Waals surface area (Å²) in [6.45, 7) is 6.95. The first kappa shape index (κ1) is 21.9.